The van der Waals surface area contributed by atoms with Gasteiger partial charge in [0.2, 0.25) is 5.89 Å². The molecule has 0 atom stereocenters. The van der Waals surface area contributed by atoms with E-state index in [0.29, 0.717) is 37.2 Å². The molecule has 0 saturated carbocycles. The van der Waals surface area contributed by atoms with E-state index in [1.165, 1.54) is 12.1 Å². The molecule has 0 bridgehead atoms. The zero-order valence-electron chi connectivity index (χ0n) is 14.4. The highest BCUT2D eigenvalue weighted by Crippen LogP contribution is 2.18. The minimum Gasteiger partial charge on any atom is -0.484 e. The van der Waals surface area contributed by atoms with Gasteiger partial charge in [-0.3, -0.25) is 4.99 Å². The van der Waals surface area contributed by atoms with E-state index in [2.05, 4.69) is 30.5 Å². The third kappa shape index (κ3) is 6.99. The molecule has 0 amide bonds. The van der Waals surface area contributed by atoms with E-state index in [1.54, 1.807) is 26.1 Å². The molecule has 0 radical (unpaired) electrons. The molecule has 1 heterocycles. The second kappa shape index (κ2) is 9.07. The number of alkyl halides is 3. The van der Waals surface area contributed by atoms with Gasteiger partial charge in [-0.1, -0.05) is 17.3 Å². The number of aryl methyl sites for hydroxylation is 1. The number of hydrogen-bond acceptors (Lipinski definition) is 5. The van der Waals surface area contributed by atoms with Gasteiger partial charge in [-0.15, -0.1) is 0 Å². The third-order valence-corrected chi connectivity index (χ3v) is 3.21. The predicted molar refractivity (Wildman–Crippen MR) is 88.9 cm³/mol. The van der Waals surface area contributed by atoms with Gasteiger partial charge >= 0.3 is 6.18 Å². The number of halogens is 3. The van der Waals surface area contributed by atoms with Crippen LogP contribution in [0.5, 0.6) is 5.75 Å². The van der Waals surface area contributed by atoms with Crippen molar-refractivity contribution >= 4 is 5.96 Å². The van der Waals surface area contributed by atoms with Crippen LogP contribution in [0.2, 0.25) is 0 Å². The maximum atomic E-state index is 12.1. The summed E-state index contributed by atoms with van der Waals surface area (Å²) in [4.78, 5) is 8.20. The van der Waals surface area contributed by atoms with Gasteiger partial charge < -0.3 is 19.9 Å². The van der Waals surface area contributed by atoms with Crippen molar-refractivity contribution in [3.8, 4) is 5.75 Å². The second-order valence-corrected chi connectivity index (χ2v) is 5.39. The first-order chi connectivity index (χ1) is 12.4. The van der Waals surface area contributed by atoms with Gasteiger partial charge in [-0.25, -0.2) is 0 Å². The molecule has 0 unspecified atom stereocenters. The average Bonchev–Trinajstić information content (AvgIpc) is 3.01. The van der Waals surface area contributed by atoms with Crippen molar-refractivity contribution in [3.63, 3.8) is 0 Å². The molecule has 2 rings (SSSR count). The fourth-order valence-corrected chi connectivity index (χ4v) is 2.00. The van der Waals surface area contributed by atoms with Gasteiger partial charge in [0, 0.05) is 26.6 Å². The van der Waals surface area contributed by atoms with Gasteiger partial charge in [0.05, 0.1) is 0 Å². The van der Waals surface area contributed by atoms with Gasteiger partial charge in [-0.05, 0) is 24.6 Å². The van der Waals surface area contributed by atoms with Gasteiger partial charge in [0.25, 0.3) is 0 Å². The number of guanidine groups is 1. The summed E-state index contributed by atoms with van der Waals surface area (Å²) >= 11 is 0. The van der Waals surface area contributed by atoms with Crippen LogP contribution < -0.4 is 15.4 Å². The van der Waals surface area contributed by atoms with Crippen molar-refractivity contribution in [3.05, 3.63) is 41.5 Å². The summed E-state index contributed by atoms with van der Waals surface area (Å²) in [5.41, 5.74) is 0.875. The smallest absolute Gasteiger partial charge is 0.422 e. The van der Waals surface area contributed by atoms with Crippen molar-refractivity contribution in [1.82, 2.24) is 20.8 Å². The summed E-state index contributed by atoms with van der Waals surface area (Å²) in [7, 11) is 1.64. The second-order valence-electron chi connectivity index (χ2n) is 5.39. The molecule has 0 saturated heterocycles. The summed E-state index contributed by atoms with van der Waals surface area (Å²) in [6.07, 6.45) is -3.79. The minimum atomic E-state index is -4.35. The van der Waals surface area contributed by atoms with E-state index in [9.17, 15) is 13.2 Å². The fourth-order valence-electron chi connectivity index (χ4n) is 2.00. The van der Waals surface area contributed by atoms with Crippen molar-refractivity contribution in [1.29, 1.82) is 0 Å². The highest BCUT2D eigenvalue weighted by atomic mass is 19.4. The first kappa shape index (κ1) is 19.5. The molecular weight excluding hydrogens is 351 g/mol. The van der Waals surface area contributed by atoms with Crippen molar-refractivity contribution < 1.29 is 22.4 Å². The summed E-state index contributed by atoms with van der Waals surface area (Å²) in [5, 5.41) is 9.92. The van der Waals surface area contributed by atoms with Gasteiger partial charge in [0.15, 0.2) is 18.4 Å². The molecule has 2 aromatic rings. The molecule has 0 spiro atoms. The Bertz CT molecular complexity index is 713. The first-order valence-corrected chi connectivity index (χ1v) is 7.88. The summed E-state index contributed by atoms with van der Waals surface area (Å²) in [5.74, 6) is 1.88. The Morgan fingerprint density at radius 3 is 2.54 bits per heavy atom. The molecule has 7 nitrogen and oxygen atoms in total. The van der Waals surface area contributed by atoms with Crippen LogP contribution in [0.3, 0.4) is 0 Å². The molecule has 1 aromatic carbocycles. The maximum absolute atomic E-state index is 12.1. The van der Waals surface area contributed by atoms with Crippen LogP contribution in [0.15, 0.2) is 33.8 Å². The molecule has 142 valence electrons. The molecule has 0 fully saturated rings. The number of aromatic nitrogens is 2. The van der Waals surface area contributed by atoms with Crippen LogP contribution in [-0.2, 0) is 13.0 Å². The Morgan fingerprint density at radius 1 is 1.23 bits per heavy atom. The van der Waals surface area contributed by atoms with E-state index >= 15 is 0 Å². The zero-order valence-corrected chi connectivity index (χ0v) is 14.4. The lowest BCUT2D eigenvalue weighted by Gasteiger charge is -2.12. The largest absolute Gasteiger partial charge is 0.484 e. The summed E-state index contributed by atoms with van der Waals surface area (Å²) in [6.45, 7) is 1.46. The Morgan fingerprint density at radius 2 is 1.96 bits per heavy atom. The molecule has 1 aromatic heterocycles. The van der Waals surface area contributed by atoms with Gasteiger partial charge in [-0.2, -0.15) is 18.2 Å². The SMILES string of the molecule is CN=C(NCCc1nc(C)no1)NCc1ccc(OCC(F)(F)F)cc1. The average molecular weight is 371 g/mol. The molecule has 10 heteroatoms. The van der Waals surface area contributed by atoms with E-state index < -0.39 is 12.8 Å². The topological polar surface area (TPSA) is 84.6 Å². The Kier molecular flexibility index (Phi) is 6.81. The summed E-state index contributed by atoms with van der Waals surface area (Å²) in [6, 6.07) is 6.37. The molecular formula is C16H20F3N5O2. The quantitative estimate of drug-likeness (QED) is 0.574. The number of aliphatic imine (C=N–C) groups is 1. The third-order valence-electron chi connectivity index (χ3n) is 3.21. The van der Waals surface area contributed by atoms with Gasteiger partial charge in [0.1, 0.15) is 5.75 Å². The number of rotatable bonds is 7. The summed E-state index contributed by atoms with van der Waals surface area (Å²) < 4.78 is 46.0. The molecule has 2 N–H and O–H groups in total. The Hall–Kier alpha value is -2.78. The normalized spacial score (nSPS) is 12.1. The molecule has 0 aliphatic carbocycles. The first-order valence-electron chi connectivity index (χ1n) is 7.88. The van der Waals surface area contributed by atoms with Crippen molar-refractivity contribution in [2.45, 2.75) is 26.1 Å². The van der Waals surface area contributed by atoms with Crippen molar-refractivity contribution in [2.75, 3.05) is 20.2 Å². The van der Waals surface area contributed by atoms with E-state index in [0.717, 1.165) is 5.56 Å². The standard InChI is InChI=1S/C16H20F3N5O2/c1-11-23-14(26-24-11)7-8-21-15(20-2)22-9-12-3-5-13(6-4-12)25-10-16(17,18)19/h3-6H,7-10H2,1-2H3,(H2,20,21,22). The number of nitrogens with zero attached hydrogens (tertiary/aromatic N) is 3. The van der Waals surface area contributed by atoms with E-state index in [4.69, 9.17) is 4.52 Å². The molecule has 0 aliphatic rings. The van der Waals surface area contributed by atoms with Crippen LogP contribution in [0.4, 0.5) is 13.2 Å². The maximum Gasteiger partial charge on any atom is 0.422 e. The fraction of sp³-hybridized carbons (Fsp3) is 0.438. The van der Waals surface area contributed by atoms with Crippen LogP contribution in [0, 0.1) is 6.92 Å². The lowest BCUT2D eigenvalue weighted by molar-refractivity contribution is -0.153. The van der Waals surface area contributed by atoms with E-state index in [-0.39, 0.29) is 5.75 Å². The lowest BCUT2D eigenvalue weighted by atomic mass is 10.2. The number of ether oxygens (including phenoxy) is 1. The highest BCUT2D eigenvalue weighted by molar-refractivity contribution is 5.79. The number of benzene rings is 1. The van der Waals surface area contributed by atoms with Crippen LogP contribution >= 0.6 is 0 Å². The minimum absolute atomic E-state index is 0.170. The monoisotopic (exact) mass is 371 g/mol. The van der Waals surface area contributed by atoms with E-state index in [1.807, 2.05) is 0 Å². The van der Waals surface area contributed by atoms with Crippen LogP contribution in [0.1, 0.15) is 17.3 Å². The number of nitrogens with one attached hydrogen (secondary N) is 2. The Labute approximate surface area is 148 Å². The van der Waals surface area contributed by atoms with Crippen molar-refractivity contribution in [2.24, 2.45) is 4.99 Å². The van der Waals surface area contributed by atoms with Crippen LogP contribution in [-0.4, -0.2) is 42.5 Å². The zero-order chi connectivity index (χ0) is 19.0. The highest BCUT2D eigenvalue weighted by Gasteiger charge is 2.28. The molecule has 0 aliphatic heterocycles. The lowest BCUT2D eigenvalue weighted by Crippen LogP contribution is -2.37. The number of hydrogen-bond donors (Lipinski definition) is 2. The Balaban J connectivity index is 1.73. The van der Waals surface area contributed by atoms with Crippen LogP contribution in [0.25, 0.3) is 0 Å². The molecule has 26 heavy (non-hydrogen) atoms. The predicted octanol–water partition coefficient (Wildman–Crippen LogP) is 2.23.